The van der Waals surface area contributed by atoms with E-state index in [1.54, 1.807) is 0 Å². The average Bonchev–Trinajstić information content (AvgIpc) is 3.16. The first-order valence-electron chi connectivity index (χ1n) is 7.46. The number of tetrazole rings is 1. The van der Waals surface area contributed by atoms with Gasteiger partial charge in [-0.2, -0.15) is 0 Å². The van der Waals surface area contributed by atoms with Gasteiger partial charge in [-0.05, 0) is 54.3 Å². The number of nitrogens with zero attached hydrogens (tertiary/aromatic N) is 5. The minimum absolute atomic E-state index is 0.830. The predicted octanol–water partition coefficient (Wildman–Crippen LogP) is 2.08. The number of aromatic nitrogens is 4. The van der Waals surface area contributed by atoms with E-state index >= 15 is 0 Å². The van der Waals surface area contributed by atoms with Crippen LogP contribution in [0.4, 0.5) is 5.69 Å². The van der Waals surface area contributed by atoms with Crippen LogP contribution in [0.3, 0.4) is 0 Å². The molecule has 106 valence electrons. The molecule has 0 aliphatic carbocycles. The fraction of sp³-hybridized carbons (Fsp3) is 0.533. The van der Waals surface area contributed by atoms with E-state index in [9.17, 15) is 0 Å². The van der Waals surface area contributed by atoms with Gasteiger partial charge in [-0.3, -0.25) is 0 Å². The number of hydrogen-bond acceptors (Lipinski definition) is 4. The largest absolute Gasteiger partial charge is 0.372 e. The van der Waals surface area contributed by atoms with Crippen molar-refractivity contribution < 1.29 is 0 Å². The van der Waals surface area contributed by atoms with E-state index in [1.807, 2.05) is 4.68 Å². The lowest BCUT2D eigenvalue weighted by Gasteiger charge is -2.17. The lowest BCUT2D eigenvalue weighted by molar-refractivity contribution is 0.595. The molecule has 5 heteroatoms. The SMILES string of the molecule is CCn1nnnc1CCc1ccc(N2CCCC2)cc1. The summed E-state index contributed by atoms with van der Waals surface area (Å²) in [7, 11) is 0. The minimum Gasteiger partial charge on any atom is -0.372 e. The van der Waals surface area contributed by atoms with Crippen LogP contribution >= 0.6 is 0 Å². The molecule has 5 nitrogen and oxygen atoms in total. The van der Waals surface area contributed by atoms with Gasteiger partial charge in [-0.1, -0.05) is 12.1 Å². The van der Waals surface area contributed by atoms with Crippen LogP contribution in [0.5, 0.6) is 0 Å². The van der Waals surface area contributed by atoms with Crippen molar-refractivity contribution in [1.82, 2.24) is 20.2 Å². The van der Waals surface area contributed by atoms with Gasteiger partial charge in [0.25, 0.3) is 0 Å². The van der Waals surface area contributed by atoms with E-state index in [0.717, 1.165) is 25.2 Å². The Morgan fingerprint density at radius 3 is 2.50 bits per heavy atom. The van der Waals surface area contributed by atoms with E-state index < -0.39 is 0 Å². The van der Waals surface area contributed by atoms with Crippen molar-refractivity contribution in [2.45, 2.75) is 39.2 Å². The minimum atomic E-state index is 0.830. The van der Waals surface area contributed by atoms with Crippen LogP contribution < -0.4 is 4.90 Å². The lowest BCUT2D eigenvalue weighted by Crippen LogP contribution is -2.17. The van der Waals surface area contributed by atoms with Crippen LogP contribution in [0.1, 0.15) is 31.2 Å². The summed E-state index contributed by atoms with van der Waals surface area (Å²) >= 11 is 0. The fourth-order valence-corrected chi connectivity index (χ4v) is 2.75. The molecule has 1 aliphatic rings. The number of aryl methyl sites for hydroxylation is 3. The molecule has 3 rings (SSSR count). The fourth-order valence-electron chi connectivity index (χ4n) is 2.75. The highest BCUT2D eigenvalue weighted by molar-refractivity contribution is 5.48. The second-order valence-electron chi connectivity index (χ2n) is 5.27. The molecule has 20 heavy (non-hydrogen) atoms. The Balaban J connectivity index is 1.60. The molecule has 2 aromatic rings. The van der Waals surface area contributed by atoms with Crippen molar-refractivity contribution in [3.05, 3.63) is 35.7 Å². The zero-order valence-corrected chi connectivity index (χ0v) is 12.0. The van der Waals surface area contributed by atoms with Crippen LogP contribution in [0.25, 0.3) is 0 Å². The van der Waals surface area contributed by atoms with Gasteiger partial charge in [0, 0.05) is 31.7 Å². The zero-order valence-electron chi connectivity index (χ0n) is 12.0. The van der Waals surface area contributed by atoms with Gasteiger partial charge in [0.05, 0.1) is 0 Å². The second-order valence-corrected chi connectivity index (χ2v) is 5.27. The van der Waals surface area contributed by atoms with Crippen LogP contribution in [0.2, 0.25) is 0 Å². The van der Waals surface area contributed by atoms with Gasteiger partial charge in [-0.15, -0.1) is 5.10 Å². The molecule has 0 amide bonds. The molecule has 0 unspecified atom stereocenters. The molecule has 0 N–H and O–H groups in total. The first kappa shape index (κ1) is 13.1. The van der Waals surface area contributed by atoms with Gasteiger partial charge in [-0.25, -0.2) is 4.68 Å². The topological polar surface area (TPSA) is 46.8 Å². The average molecular weight is 271 g/mol. The molecule has 1 aromatic carbocycles. The Kier molecular flexibility index (Phi) is 3.95. The number of benzene rings is 1. The summed E-state index contributed by atoms with van der Waals surface area (Å²) < 4.78 is 1.86. The molecule has 0 spiro atoms. The van der Waals surface area contributed by atoms with Crippen molar-refractivity contribution in [1.29, 1.82) is 0 Å². The quantitative estimate of drug-likeness (QED) is 0.835. The lowest BCUT2D eigenvalue weighted by atomic mass is 10.1. The molecule has 0 bridgehead atoms. The molecule has 0 radical (unpaired) electrons. The Morgan fingerprint density at radius 2 is 1.80 bits per heavy atom. The molecule has 1 aliphatic heterocycles. The van der Waals surface area contributed by atoms with Gasteiger partial charge >= 0.3 is 0 Å². The van der Waals surface area contributed by atoms with E-state index in [-0.39, 0.29) is 0 Å². The van der Waals surface area contributed by atoms with Crippen LogP contribution in [-0.2, 0) is 19.4 Å². The normalized spacial score (nSPS) is 14.9. The summed E-state index contributed by atoms with van der Waals surface area (Å²) in [6.07, 6.45) is 4.52. The Bertz CT molecular complexity index is 540. The van der Waals surface area contributed by atoms with Crippen molar-refractivity contribution in [2.75, 3.05) is 18.0 Å². The van der Waals surface area contributed by atoms with E-state index in [2.05, 4.69) is 51.6 Å². The van der Waals surface area contributed by atoms with Crippen LogP contribution in [0.15, 0.2) is 24.3 Å². The first-order chi connectivity index (χ1) is 9.86. The second kappa shape index (κ2) is 6.03. The molecule has 0 atom stereocenters. The summed E-state index contributed by atoms with van der Waals surface area (Å²) in [6, 6.07) is 8.94. The number of anilines is 1. The molecule has 1 fully saturated rings. The summed E-state index contributed by atoms with van der Waals surface area (Å²) in [6.45, 7) is 5.29. The number of rotatable bonds is 5. The van der Waals surface area contributed by atoms with Crippen molar-refractivity contribution >= 4 is 5.69 Å². The van der Waals surface area contributed by atoms with Gasteiger partial charge in [0.2, 0.25) is 0 Å². The highest BCUT2D eigenvalue weighted by Crippen LogP contribution is 2.20. The third kappa shape index (κ3) is 2.81. The molecule has 0 saturated carbocycles. The standard InChI is InChI=1S/C15H21N5/c1-2-20-15(16-17-18-20)10-7-13-5-8-14(9-6-13)19-11-3-4-12-19/h5-6,8-9H,2-4,7,10-12H2,1H3. The van der Waals surface area contributed by atoms with Crippen molar-refractivity contribution in [3.8, 4) is 0 Å². The third-order valence-corrected chi connectivity index (χ3v) is 3.95. The summed E-state index contributed by atoms with van der Waals surface area (Å²) in [5, 5.41) is 11.8. The van der Waals surface area contributed by atoms with Crippen molar-refractivity contribution in [3.63, 3.8) is 0 Å². The highest BCUT2D eigenvalue weighted by Gasteiger charge is 2.12. The maximum atomic E-state index is 4.08. The van der Waals surface area contributed by atoms with E-state index in [0.29, 0.717) is 0 Å². The van der Waals surface area contributed by atoms with Gasteiger partial charge in [0.1, 0.15) is 0 Å². The van der Waals surface area contributed by atoms with E-state index in [1.165, 1.54) is 37.2 Å². The summed E-state index contributed by atoms with van der Waals surface area (Å²) in [5.74, 6) is 0.969. The predicted molar refractivity (Wildman–Crippen MR) is 78.8 cm³/mol. The highest BCUT2D eigenvalue weighted by atomic mass is 15.5. The monoisotopic (exact) mass is 271 g/mol. The molecule has 1 aromatic heterocycles. The molecule has 2 heterocycles. The van der Waals surface area contributed by atoms with Crippen LogP contribution in [0, 0.1) is 0 Å². The maximum Gasteiger partial charge on any atom is 0.151 e. The smallest absolute Gasteiger partial charge is 0.151 e. The van der Waals surface area contributed by atoms with Crippen molar-refractivity contribution in [2.24, 2.45) is 0 Å². The molecular weight excluding hydrogens is 250 g/mol. The Morgan fingerprint density at radius 1 is 1.05 bits per heavy atom. The summed E-state index contributed by atoms with van der Waals surface area (Å²) in [4.78, 5) is 2.46. The number of hydrogen-bond donors (Lipinski definition) is 0. The summed E-state index contributed by atoms with van der Waals surface area (Å²) in [5.41, 5.74) is 2.70. The molecule has 1 saturated heterocycles. The zero-order chi connectivity index (χ0) is 13.8. The first-order valence-corrected chi connectivity index (χ1v) is 7.46. The maximum absolute atomic E-state index is 4.08. The van der Waals surface area contributed by atoms with Gasteiger partial charge in [0.15, 0.2) is 5.82 Å². The van der Waals surface area contributed by atoms with E-state index in [4.69, 9.17) is 0 Å². The Hall–Kier alpha value is -1.91. The van der Waals surface area contributed by atoms with Crippen LogP contribution in [-0.4, -0.2) is 33.3 Å². The third-order valence-electron chi connectivity index (χ3n) is 3.95. The van der Waals surface area contributed by atoms with Gasteiger partial charge < -0.3 is 4.90 Å². The Labute approximate surface area is 119 Å². The molecular formula is C15H21N5.